The summed E-state index contributed by atoms with van der Waals surface area (Å²) in [6, 6.07) is 0. The zero-order valence-electron chi connectivity index (χ0n) is 17.0. The van der Waals surface area contributed by atoms with Crippen LogP contribution in [0.5, 0.6) is 0 Å². The van der Waals surface area contributed by atoms with Gasteiger partial charge in [-0.15, -0.1) is 0 Å². The quantitative estimate of drug-likeness (QED) is 0.236. The molecule has 24 heavy (non-hydrogen) atoms. The Kier molecular flexibility index (Phi) is 8.95. The number of rotatable bonds is 10. The maximum Gasteiger partial charge on any atom is 0.200 e. The molecule has 1 fully saturated rings. The van der Waals surface area contributed by atoms with Gasteiger partial charge in [0, 0.05) is 5.33 Å². The van der Waals surface area contributed by atoms with Crippen LogP contribution in [0.15, 0.2) is 0 Å². The van der Waals surface area contributed by atoms with Crippen LogP contribution in [-0.2, 0) is 13.9 Å². The van der Waals surface area contributed by atoms with Crippen LogP contribution in [0, 0.1) is 0 Å². The van der Waals surface area contributed by atoms with Gasteiger partial charge >= 0.3 is 0 Å². The predicted molar refractivity (Wildman–Crippen MR) is 108 cm³/mol. The number of hydrogen-bond donors (Lipinski definition) is 0. The Hall–Kier alpha value is 0.577. The van der Waals surface area contributed by atoms with Gasteiger partial charge in [-0.25, -0.2) is 0 Å². The lowest BCUT2D eigenvalue weighted by Crippen LogP contribution is -2.49. The SMILES string of the molecule is CC(C)[Si](OC[C@@H]1OC(C)(C)O[C@H]1CCCCBr)(C(C)C)C(C)C. The van der Waals surface area contributed by atoms with Gasteiger partial charge in [-0.05, 0) is 49.7 Å². The highest BCUT2D eigenvalue weighted by molar-refractivity contribution is 9.09. The summed E-state index contributed by atoms with van der Waals surface area (Å²) in [5.41, 5.74) is 1.79. The first kappa shape index (κ1) is 22.6. The van der Waals surface area contributed by atoms with Crippen LogP contribution in [0.4, 0.5) is 0 Å². The molecule has 0 spiro atoms. The second-order valence-electron chi connectivity index (χ2n) is 8.53. The molecule has 0 amide bonds. The Morgan fingerprint density at radius 2 is 1.42 bits per heavy atom. The van der Waals surface area contributed by atoms with Crippen LogP contribution in [0.1, 0.15) is 74.7 Å². The molecule has 0 aromatic carbocycles. The third-order valence-electron chi connectivity index (χ3n) is 5.36. The fourth-order valence-electron chi connectivity index (χ4n) is 4.46. The highest BCUT2D eigenvalue weighted by atomic mass is 79.9. The topological polar surface area (TPSA) is 27.7 Å². The average molecular weight is 424 g/mol. The molecule has 144 valence electrons. The molecule has 0 N–H and O–H groups in total. The zero-order chi connectivity index (χ0) is 18.5. The summed E-state index contributed by atoms with van der Waals surface area (Å²) in [6.07, 6.45) is 3.59. The minimum Gasteiger partial charge on any atom is -0.413 e. The largest absolute Gasteiger partial charge is 0.413 e. The van der Waals surface area contributed by atoms with Gasteiger partial charge in [0.25, 0.3) is 0 Å². The van der Waals surface area contributed by atoms with E-state index in [4.69, 9.17) is 13.9 Å². The summed E-state index contributed by atoms with van der Waals surface area (Å²) in [6.45, 7) is 18.7. The summed E-state index contributed by atoms with van der Waals surface area (Å²) in [7, 11) is -1.85. The van der Waals surface area contributed by atoms with E-state index in [0.717, 1.165) is 18.2 Å². The highest BCUT2D eigenvalue weighted by Crippen LogP contribution is 2.43. The van der Waals surface area contributed by atoms with Crippen molar-refractivity contribution in [2.24, 2.45) is 0 Å². The van der Waals surface area contributed by atoms with Crippen LogP contribution >= 0.6 is 15.9 Å². The van der Waals surface area contributed by atoms with Crippen molar-refractivity contribution in [1.29, 1.82) is 0 Å². The third kappa shape index (κ3) is 5.54. The van der Waals surface area contributed by atoms with E-state index in [0.29, 0.717) is 23.2 Å². The molecule has 5 heteroatoms. The Morgan fingerprint density at radius 3 is 1.88 bits per heavy atom. The molecule has 1 rings (SSSR count). The highest BCUT2D eigenvalue weighted by Gasteiger charge is 2.47. The minimum absolute atomic E-state index is 0.0541. The van der Waals surface area contributed by atoms with Gasteiger partial charge in [0.05, 0.1) is 12.7 Å². The molecular formula is C19H39BrO3Si. The van der Waals surface area contributed by atoms with Crippen molar-refractivity contribution in [3.8, 4) is 0 Å². The molecule has 0 radical (unpaired) electrons. The van der Waals surface area contributed by atoms with E-state index in [9.17, 15) is 0 Å². The molecule has 0 saturated carbocycles. The van der Waals surface area contributed by atoms with Crippen LogP contribution < -0.4 is 0 Å². The van der Waals surface area contributed by atoms with E-state index in [2.05, 4.69) is 57.5 Å². The predicted octanol–water partition coefficient (Wildman–Crippen LogP) is 6.26. The van der Waals surface area contributed by atoms with Crippen molar-refractivity contribution in [3.05, 3.63) is 0 Å². The van der Waals surface area contributed by atoms with Gasteiger partial charge in [-0.1, -0.05) is 57.5 Å². The molecule has 0 unspecified atom stereocenters. The van der Waals surface area contributed by atoms with Crippen LogP contribution in [-0.4, -0.2) is 38.2 Å². The standard InChI is InChI=1S/C19H39BrO3Si/c1-14(2)24(15(3)4,16(5)6)21-13-18-17(11-9-10-12-20)22-19(7,8)23-18/h14-18H,9-13H2,1-8H3/t17-,18-/m0/s1. The monoisotopic (exact) mass is 422 g/mol. The van der Waals surface area contributed by atoms with E-state index >= 15 is 0 Å². The Bertz CT molecular complexity index is 350. The summed E-state index contributed by atoms with van der Waals surface area (Å²) < 4.78 is 19.1. The lowest BCUT2D eigenvalue weighted by Gasteiger charge is -2.42. The normalized spacial score (nSPS) is 24.5. The maximum absolute atomic E-state index is 6.75. The van der Waals surface area contributed by atoms with Gasteiger partial charge in [0.15, 0.2) is 14.1 Å². The number of hydrogen-bond acceptors (Lipinski definition) is 3. The molecule has 0 aromatic rings. The molecule has 1 aliphatic rings. The van der Waals surface area contributed by atoms with Gasteiger partial charge < -0.3 is 13.9 Å². The maximum atomic E-state index is 6.75. The third-order valence-corrected chi connectivity index (χ3v) is 12.0. The van der Waals surface area contributed by atoms with Gasteiger partial charge in [-0.3, -0.25) is 0 Å². The summed E-state index contributed by atoms with van der Waals surface area (Å²) in [4.78, 5) is 0. The summed E-state index contributed by atoms with van der Waals surface area (Å²) in [5, 5.41) is 1.05. The second kappa shape index (κ2) is 9.49. The lowest BCUT2D eigenvalue weighted by molar-refractivity contribution is -0.149. The summed E-state index contributed by atoms with van der Waals surface area (Å²) >= 11 is 3.51. The molecule has 1 saturated heterocycles. The van der Waals surface area contributed by atoms with Crippen molar-refractivity contribution >= 4 is 24.2 Å². The molecular weight excluding hydrogens is 384 g/mol. The van der Waals surface area contributed by atoms with Crippen molar-refractivity contribution in [2.75, 3.05) is 11.9 Å². The number of alkyl halides is 1. The fraction of sp³-hybridized carbons (Fsp3) is 1.00. The minimum atomic E-state index is -1.85. The number of ether oxygens (including phenoxy) is 2. The molecule has 0 aliphatic carbocycles. The lowest BCUT2D eigenvalue weighted by atomic mass is 10.1. The van der Waals surface area contributed by atoms with E-state index in [1.807, 2.05) is 13.8 Å². The zero-order valence-corrected chi connectivity index (χ0v) is 19.6. The fourth-order valence-corrected chi connectivity index (χ4v) is 10.3. The second-order valence-corrected chi connectivity index (χ2v) is 14.8. The summed E-state index contributed by atoms with van der Waals surface area (Å²) in [5.74, 6) is -0.495. The molecule has 1 aliphatic heterocycles. The van der Waals surface area contributed by atoms with E-state index in [1.54, 1.807) is 0 Å². The van der Waals surface area contributed by atoms with Gasteiger partial charge in [-0.2, -0.15) is 0 Å². The first-order valence-corrected chi connectivity index (χ1v) is 12.9. The van der Waals surface area contributed by atoms with Gasteiger partial charge in [0.2, 0.25) is 0 Å². The van der Waals surface area contributed by atoms with Crippen molar-refractivity contribution in [3.63, 3.8) is 0 Å². The van der Waals surface area contributed by atoms with E-state index < -0.39 is 14.1 Å². The average Bonchev–Trinajstić information content (AvgIpc) is 2.73. The number of unbranched alkanes of at least 4 members (excludes halogenated alkanes) is 1. The molecule has 2 atom stereocenters. The molecule has 0 bridgehead atoms. The smallest absolute Gasteiger partial charge is 0.200 e. The Balaban J connectivity index is 2.79. The van der Waals surface area contributed by atoms with Crippen LogP contribution in [0.25, 0.3) is 0 Å². The first-order chi connectivity index (χ1) is 11.1. The molecule has 3 nitrogen and oxygen atoms in total. The Labute approximate surface area is 159 Å². The van der Waals surface area contributed by atoms with Crippen LogP contribution in [0.2, 0.25) is 16.6 Å². The van der Waals surface area contributed by atoms with E-state index in [1.165, 1.54) is 6.42 Å². The molecule has 1 heterocycles. The van der Waals surface area contributed by atoms with Crippen molar-refractivity contribution in [1.82, 2.24) is 0 Å². The Morgan fingerprint density at radius 1 is 0.917 bits per heavy atom. The van der Waals surface area contributed by atoms with Crippen molar-refractivity contribution < 1.29 is 13.9 Å². The number of halogens is 1. The van der Waals surface area contributed by atoms with Crippen LogP contribution in [0.3, 0.4) is 0 Å². The molecule has 0 aromatic heterocycles. The first-order valence-electron chi connectivity index (χ1n) is 9.62. The van der Waals surface area contributed by atoms with Gasteiger partial charge in [0.1, 0.15) is 6.10 Å². The van der Waals surface area contributed by atoms with E-state index in [-0.39, 0.29) is 12.2 Å². The van der Waals surface area contributed by atoms with Crippen molar-refractivity contribution in [2.45, 2.75) is 109 Å².